The third-order valence-corrected chi connectivity index (χ3v) is 3.67. The molecule has 4 nitrogen and oxygen atoms in total. The molecular weight excluding hydrogens is 242 g/mol. The summed E-state index contributed by atoms with van der Waals surface area (Å²) in [5, 5.41) is 10.7. The number of unbranched alkanes of at least 4 members (excludes halogenated alkanes) is 6. The highest BCUT2D eigenvalue weighted by Gasteiger charge is 2.23. The zero-order valence-electron chi connectivity index (χ0n) is 12.3. The molecule has 19 heavy (non-hydrogen) atoms. The van der Waals surface area contributed by atoms with Gasteiger partial charge in [-0.15, -0.1) is 0 Å². The summed E-state index contributed by atoms with van der Waals surface area (Å²) in [6, 6.07) is 0. The Hall–Kier alpha value is -0.610. The van der Waals surface area contributed by atoms with Crippen LogP contribution in [0.1, 0.15) is 77.6 Å². The minimum atomic E-state index is -0.411. The maximum atomic E-state index is 11.6. The van der Waals surface area contributed by atoms with E-state index in [0.717, 1.165) is 37.2 Å². The van der Waals surface area contributed by atoms with Gasteiger partial charge in [-0.05, 0) is 19.3 Å². The summed E-state index contributed by atoms with van der Waals surface area (Å²) in [4.78, 5) is 11.6. The highest BCUT2D eigenvalue weighted by molar-refractivity contribution is 5.69. The molecule has 0 radical (unpaired) electrons. The van der Waals surface area contributed by atoms with E-state index in [9.17, 15) is 10.0 Å². The van der Waals surface area contributed by atoms with Crippen molar-refractivity contribution in [1.29, 1.82) is 0 Å². The smallest absolute Gasteiger partial charge is 0.307 e. The standard InChI is InChI=1S/C15H29NO3/c1-2-3-4-5-6-7-8-12-15(17)19-14-11-9-10-13-16(14)18/h14,18H,2-13H2,1H3. The van der Waals surface area contributed by atoms with Crippen molar-refractivity contribution < 1.29 is 14.7 Å². The van der Waals surface area contributed by atoms with Crippen molar-refractivity contribution in [1.82, 2.24) is 5.06 Å². The third kappa shape index (κ3) is 7.53. The van der Waals surface area contributed by atoms with Crippen LogP contribution in [-0.2, 0) is 9.53 Å². The van der Waals surface area contributed by atoms with Crippen LogP contribution in [0, 0.1) is 0 Å². The molecule has 0 saturated carbocycles. The molecule has 112 valence electrons. The van der Waals surface area contributed by atoms with Crippen molar-refractivity contribution in [3.63, 3.8) is 0 Å². The molecule has 0 aromatic carbocycles. The second-order valence-electron chi connectivity index (χ2n) is 5.47. The summed E-state index contributed by atoms with van der Waals surface area (Å²) in [7, 11) is 0. The Kier molecular flexibility index (Phi) is 8.84. The van der Waals surface area contributed by atoms with Crippen molar-refractivity contribution in [3.05, 3.63) is 0 Å². The van der Waals surface area contributed by atoms with Crippen LogP contribution in [-0.4, -0.2) is 29.0 Å². The molecule has 1 atom stereocenters. The van der Waals surface area contributed by atoms with Crippen molar-refractivity contribution in [2.45, 2.75) is 83.8 Å². The Balaban J connectivity index is 1.98. The van der Waals surface area contributed by atoms with E-state index < -0.39 is 6.23 Å². The summed E-state index contributed by atoms with van der Waals surface area (Å²) >= 11 is 0. The number of rotatable bonds is 9. The van der Waals surface area contributed by atoms with E-state index in [1.165, 1.54) is 32.1 Å². The van der Waals surface area contributed by atoms with Gasteiger partial charge >= 0.3 is 5.97 Å². The number of ether oxygens (including phenoxy) is 1. The monoisotopic (exact) mass is 271 g/mol. The van der Waals surface area contributed by atoms with Crippen molar-refractivity contribution >= 4 is 5.97 Å². The Morgan fingerprint density at radius 1 is 1.16 bits per heavy atom. The van der Waals surface area contributed by atoms with Crippen LogP contribution in [0.3, 0.4) is 0 Å². The quantitative estimate of drug-likeness (QED) is 0.511. The first-order valence-corrected chi connectivity index (χ1v) is 7.89. The molecule has 0 aromatic heterocycles. The normalized spacial score (nSPS) is 20.4. The average Bonchev–Trinajstić information content (AvgIpc) is 2.40. The first-order chi connectivity index (χ1) is 9.24. The Morgan fingerprint density at radius 2 is 1.84 bits per heavy atom. The van der Waals surface area contributed by atoms with E-state index in [1.54, 1.807) is 0 Å². The molecular formula is C15H29NO3. The molecule has 1 N–H and O–H groups in total. The lowest BCUT2D eigenvalue weighted by molar-refractivity contribution is -0.228. The molecule has 1 aliphatic heterocycles. The van der Waals surface area contributed by atoms with E-state index in [2.05, 4.69) is 6.92 Å². The minimum absolute atomic E-state index is 0.167. The van der Waals surface area contributed by atoms with Gasteiger partial charge in [0.1, 0.15) is 0 Å². The maximum Gasteiger partial charge on any atom is 0.307 e. The summed E-state index contributed by atoms with van der Waals surface area (Å²) in [5.41, 5.74) is 0. The fourth-order valence-electron chi connectivity index (χ4n) is 2.44. The van der Waals surface area contributed by atoms with Gasteiger partial charge in [-0.2, -0.15) is 5.06 Å². The van der Waals surface area contributed by atoms with E-state index >= 15 is 0 Å². The zero-order valence-corrected chi connectivity index (χ0v) is 12.3. The third-order valence-electron chi connectivity index (χ3n) is 3.67. The first-order valence-electron chi connectivity index (χ1n) is 7.89. The van der Waals surface area contributed by atoms with Crippen LogP contribution in [0.25, 0.3) is 0 Å². The fraction of sp³-hybridized carbons (Fsp3) is 0.933. The topological polar surface area (TPSA) is 49.8 Å². The predicted molar refractivity (Wildman–Crippen MR) is 74.8 cm³/mol. The zero-order chi connectivity index (χ0) is 13.9. The van der Waals surface area contributed by atoms with Crippen LogP contribution < -0.4 is 0 Å². The molecule has 1 heterocycles. The van der Waals surface area contributed by atoms with E-state index in [0.29, 0.717) is 13.0 Å². The van der Waals surface area contributed by atoms with Gasteiger partial charge in [0.2, 0.25) is 0 Å². The van der Waals surface area contributed by atoms with Gasteiger partial charge in [0.25, 0.3) is 0 Å². The highest BCUT2D eigenvalue weighted by atomic mass is 16.6. The molecule has 1 fully saturated rings. The van der Waals surface area contributed by atoms with Gasteiger partial charge < -0.3 is 9.94 Å². The minimum Gasteiger partial charge on any atom is -0.444 e. The number of carbonyl (C=O) groups is 1. The maximum absolute atomic E-state index is 11.6. The highest BCUT2D eigenvalue weighted by Crippen LogP contribution is 2.17. The second kappa shape index (κ2) is 10.2. The van der Waals surface area contributed by atoms with E-state index in [1.807, 2.05) is 0 Å². The van der Waals surface area contributed by atoms with Gasteiger partial charge in [-0.3, -0.25) is 4.79 Å². The molecule has 0 spiro atoms. The first kappa shape index (κ1) is 16.4. The molecule has 0 amide bonds. The molecule has 4 heteroatoms. The summed E-state index contributed by atoms with van der Waals surface area (Å²) in [6.45, 7) is 2.82. The van der Waals surface area contributed by atoms with Gasteiger partial charge in [0.05, 0.1) is 0 Å². The lowest BCUT2D eigenvalue weighted by Crippen LogP contribution is -2.39. The van der Waals surface area contributed by atoms with Crippen LogP contribution in [0.15, 0.2) is 0 Å². The number of esters is 1. The number of carbonyl (C=O) groups excluding carboxylic acids is 1. The van der Waals surface area contributed by atoms with E-state index in [-0.39, 0.29) is 5.97 Å². The molecule has 1 saturated heterocycles. The van der Waals surface area contributed by atoms with Gasteiger partial charge in [0.15, 0.2) is 6.23 Å². The van der Waals surface area contributed by atoms with Crippen LogP contribution in [0.4, 0.5) is 0 Å². The van der Waals surface area contributed by atoms with E-state index in [4.69, 9.17) is 4.74 Å². The Morgan fingerprint density at radius 3 is 2.53 bits per heavy atom. The summed E-state index contributed by atoms with van der Waals surface area (Å²) in [5.74, 6) is -0.167. The summed E-state index contributed by atoms with van der Waals surface area (Å²) in [6.07, 6.45) is 11.2. The lowest BCUT2D eigenvalue weighted by atomic mass is 10.1. The van der Waals surface area contributed by atoms with Crippen molar-refractivity contribution in [2.75, 3.05) is 6.54 Å². The largest absolute Gasteiger partial charge is 0.444 e. The van der Waals surface area contributed by atoms with Gasteiger partial charge in [-0.25, -0.2) is 0 Å². The van der Waals surface area contributed by atoms with Crippen LogP contribution in [0.5, 0.6) is 0 Å². The van der Waals surface area contributed by atoms with Crippen molar-refractivity contribution in [2.24, 2.45) is 0 Å². The fourth-order valence-corrected chi connectivity index (χ4v) is 2.44. The van der Waals surface area contributed by atoms with Crippen molar-refractivity contribution in [3.8, 4) is 0 Å². The number of nitrogens with zero attached hydrogens (tertiary/aromatic N) is 1. The predicted octanol–water partition coefficient (Wildman–Crippen LogP) is 3.87. The number of hydrogen-bond acceptors (Lipinski definition) is 4. The molecule has 1 rings (SSSR count). The Labute approximate surface area is 117 Å². The average molecular weight is 271 g/mol. The van der Waals surface area contributed by atoms with Crippen LogP contribution >= 0.6 is 0 Å². The molecule has 1 aliphatic rings. The molecule has 0 bridgehead atoms. The summed E-state index contributed by atoms with van der Waals surface area (Å²) < 4.78 is 5.29. The van der Waals surface area contributed by atoms with Gasteiger partial charge in [0, 0.05) is 19.4 Å². The number of hydroxylamine groups is 2. The number of piperidine rings is 1. The van der Waals surface area contributed by atoms with Crippen LogP contribution in [0.2, 0.25) is 0 Å². The SMILES string of the molecule is CCCCCCCCCC(=O)OC1CCCCN1O. The lowest BCUT2D eigenvalue weighted by Gasteiger charge is -2.29. The number of hydrogen-bond donors (Lipinski definition) is 1. The molecule has 0 aromatic rings. The Bertz CT molecular complexity index is 246. The molecule has 1 unspecified atom stereocenters. The second-order valence-corrected chi connectivity index (χ2v) is 5.47. The van der Waals surface area contributed by atoms with Gasteiger partial charge in [-0.1, -0.05) is 45.4 Å². The molecule has 0 aliphatic carbocycles.